The van der Waals surface area contributed by atoms with E-state index in [0.717, 1.165) is 13.1 Å². The number of morpholine rings is 1. The fraction of sp³-hybridized carbons (Fsp3) is 0.722. The first-order valence-corrected chi connectivity index (χ1v) is 14.3. The summed E-state index contributed by atoms with van der Waals surface area (Å²) in [6, 6.07) is 0.981. The maximum atomic E-state index is 13.1. The minimum absolute atomic E-state index is 0.0215. The fourth-order valence-electron chi connectivity index (χ4n) is 3.69. The molecule has 0 aromatic carbocycles. The van der Waals surface area contributed by atoms with Crippen LogP contribution in [0.25, 0.3) is 0 Å². The van der Waals surface area contributed by atoms with Crippen molar-refractivity contribution in [1.82, 2.24) is 14.5 Å². The van der Waals surface area contributed by atoms with Crippen molar-refractivity contribution >= 4 is 37.4 Å². The molecule has 0 amide bonds. The van der Waals surface area contributed by atoms with Gasteiger partial charge in [0.2, 0.25) is 10.0 Å². The number of esters is 1. The summed E-state index contributed by atoms with van der Waals surface area (Å²) in [4.78, 5) is 14.2. The second kappa shape index (κ2) is 10.9. The number of carbonyl (C=O) groups excluding carboxylic acids is 1. The van der Waals surface area contributed by atoms with Crippen LogP contribution in [0.15, 0.2) is 14.5 Å². The monoisotopic (exact) mass is 510 g/mol. The summed E-state index contributed by atoms with van der Waals surface area (Å²) in [6.45, 7) is 6.66. The second-order valence-corrected chi connectivity index (χ2v) is 12.6. The lowest BCUT2D eigenvalue weighted by atomic mass is 10.1. The van der Waals surface area contributed by atoms with E-state index < -0.39 is 20.0 Å². The Morgan fingerprint density at radius 2 is 2.06 bits per heavy atom. The number of carbonyl (C=O) groups is 1. The number of nitrogens with one attached hydrogen (secondary N) is 1. The number of hydrogen-bond acceptors (Lipinski definition) is 10. The van der Waals surface area contributed by atoms with Gasteiger partial charge in [-0.3, -0.25) is 9.69 Å². The molecule has 2 aliphatic heterocycles. The summed E-state index contributed by atoms with van der Waals surface area (Å²) < 4.78 is 61.2. The lowest BCUT2D eigenvalue weighted by Crippen LogP contribution is -2.43. The third kappa shape index (κ3) is 6.26. The van der Waals surface area contributed by atoms with Gasteiger partial charge in [-0.1, -0.05) is 6.92 Å². The molecular formula is C18H30N4O7S3. The molecule has 32 heavy (non-hydrogen) atoms. The Morgan fingerprint density at radius 3 is 2.72 bits per heavy atom. The van der Waals surface area contributed by atoms with Crippen molar-refractivity contribution in [1.29, 1.82) is 0 Å². The highest BCUT2D eigenvalue weighted by Gasteiger charge is 2.39. The van der Waals surface area contributed by atoms with Crippen molar-refractivity contribution in [2.45, 2.75) is 34.2 Å². The molecule has 182 valence electrons. The predicted octanol–water partition coefficient (Wildman–Crippen LogP) is -0.294. The van der Waals surface area contributed by atoms with Gasteiger partial charge in [0.1, 0.15) is 15.0 Å². The summed E-state index contributed by atoms with van der Waals surface area (Å²) >= 11 is 0.659. The smallest absolute Gasteiger partial charge is 0.305 e. The van der Waals surface area contributed by atoms with Gasteiger partial charge >= 0.3 is 5.97 Å². The maximum Gasteiger partial charge on any atom is 0.305 e. The fourth-order valence-corrected chi connectivity index (χ4v) is 7.99. The zero-order valence-corrected chi connectivity index (χ0v) is 20.4. The third-order valence-electron chi connectivity index (χ3n) is 5.33. The molecule has 0 saturated carbocycles. The molecule has 0 spiro atoms. The number of nitrogens with two attached hydrogens (primary N) is 1. The van der Waals surface area contributed by atoms with Crippen LogP contribution in [0, 0.1) is 0 Å². The van der Waals surface area contributed by atoms with Gasteiger partial charge < -0.3 is 14.8 Å². The molecule has 11 nitrogen and oxygen atoms in total. The van der Waals surface area contributed by atoms with Crippen LogP contribution in [0.2, 0.25) is 0 Å². The molecule has 1 fully saturated rings. The van der Waals surface area contributed by atoms with Crippen molar-refractivity contribution in [3.63, 3.8) is 0 Å². The Bertz CT molecular complexity index is 1000. The molecule has 0 unspecified atom stereocenters. The standard InChI is InChI=1S/C18H30N4O7S3/c1-2-20-15-13-22(32(26,27)18-14(15)12-17(30-18)31(19,24)25)5-3-4-16(23)29-11-8-21-6-9-28-10-7-21/h12,15,20H,2-11,13H2,1H3,(H2,19,24,25)/t15-/m0/s1. The summed E-state index contributed by atoms with van der Waals surface area (Å²) in [5.74, 6) is -0.371. The van der Waals surface area contributed by atoms with E-state index in [1.165, 1.54) is 10.4 Å². The second-order valence-electron chi connectivity index (χ2n) is 7.60. The maximum absolute atomic E-state index is 13.1. The first-order valence-electron chi connectivity index (χ1n) is 10.5. The molecule has 1 saturated heterocycles. The van der Waals surface area contributed by atoms with Crippen molar-refractivity contribution < 1.29 is 31.1 Å². The van der Waals surface area contributed by atoms with Crippen LogP contribution in [0.4, 0.5) is 0 Å². The Labute approximate surface area is 192 Å². The van der Waals surface area contributed by atoms with Crippen molar-refractivity contribution in [3.8, 4) is 0 Å². The number of ether oxygens (including phenoxy) is 2. The highest BCUT2D eigenvalue weighted by atomic mass is 32.3. The number of nitrogens with zero attached hydrogens (tertiary/aromatic N) is 2. The van der Waals surface area contributed by atoms with Crippen LogP contribution in [0.3, 0.4) is 0 Å². The van der Waals surface area contributed by atoms with Crippen LogP contribution in [0.1, 0.15) is 31.4 Å². The van der Waals surface area contributed by atoms with Gasteiger partial charge in [-0.25, -0.2) is 22.0 Å². The highest BCUT2D eigenvalue weighted by molar-refractivity contribution is 7.94. The molecule has 1 atom stereocenters. The van der Waals surface area contributed by atoms with Crippen molar-refractivity contribution in [2.75, 3.05) is 59.1 Å². The summed E-state index contributed by atoms with van der Waals surface area (Å²) in [7, 11) is -7.89. The SMILES string of the molecule is CCN[C@H]1CN(CCCC(=O)OCCN2CCOCC2)S(=O)(=O)c2sc(S(N)(=O)=O)cc21. The Morgan fingerprint density at radius 1 is 1.34 bits per heavy atom. The van der Waals surface area contributed by atoms with E-state index >= 15 is 0 Å². The van der Waals surface area contributed by atoms with E-state index in [9.17, 15) is 21.6 Å². The lowest BCUT2D eigenvalue weighted by molar-refractivity contribution is -0.144. The van der Waals surface area contributed by atoms with Gasteiger partial charge in [0.05, 0.1) is 13.2 Å². The average molecular weight is 511 g/mol. The predicted molar refractivity (Wildman–Crippen MR) is 118 cm³/mol. The Hall–Kier alpha value is -1.13. The molecule has 3 heterocycles. The van der Waals surface area contributed by atoms with Crippen molar-refractivity contribution in [2.24, 2.45) is 5.14 Å². The molecule has 1 aromatic rings. The summed E-state index contributed by atoms with van der Waals surface area (Å²) in [5, 5.41) is 8.40. The molecule has 3 N–H and O–H groups in total. The quantitative estimate of drug-likeness (QED) is 0.405. The van der Waals surface area contributed by atoms with Gasteiger partial charge in [-0.05, 0) is 19.0 Å². The molecule has 0 bridgehead atoms. The van der Waals surface area contributed by atoms with Gasteiger partial charge in [0, 0.05) is 50.7 Å². The molecule has 14 heteroatoms. The first-order chi connectivity index (χ1) is 15.1. The zero-order chi connectivity index (χ0) is 23.4. The number of thiophene rings is 1. The van der Waals surface area contributed by atoms with E-state index in [4.69, 9.17) is 14.6 Å². The van der Waals surface area contributed by atoms with Crippen LogP contribution < -0.4 is 10.5 Å². The summed E-state index contributed by atoms with van der Waals surface area (Å²) in [6.07, 6.45) is 0.401. The van der Waals surface area contributed by atoms with Gasteiger partial charge in [0.25, 0.3) is 10.0 Å². The number of rotatable bonds is 10. The molecule has 3 rings (SSSR count). The van der Waals surface area contributed by atoms with Gasteiger partial charge in [-0.2, -0.15) is 4.31 Å². The minimum Gasteiger partial charge on any atom is -0.464 e. The molecule has 0 radical (unpaired) electrons. The third-order valence-corrected chi connectivity index (χ3v) is 10.3. The van der Waals surface area contributed by atoms with E-state index in [1.807, 2.05) is 6.92 Å². The van der Waals surface area contributed by atoms with Crippen LogP contribution >= 0.6 is 11.3 Å². The highest BCUT2D eigenvalue weighted by Crippen LogP contribution is 2.39. The summed E-state index contributed by atoms with van der Waals surface area (Å²) in [5.41, 5.74) is 0.416. The van der Waals surface area contributed by atoms with Crippen LogP contribution in [-0.2, 0) is 34.3 Å². The van der Waals surface area contributed by atoms with E-state index in [1.54, 1.807) is 0 Å². The van der Waals surface area contributed by atoms with Gasteiger partial charge in [0.15, 0.2) is 0 Å². The molecular weight excluding hydrogens is 480 g/mol. The van der Waals surface area contributed by atoms with E-state index in [-0.39, 0.29) is 46.5 Å². The largest absolute Gasteiger partial charge is 0.464 e. The topological polar surface area (TPSA) is 148 Å². The van der Waals surface area contributed by atoms with Crippen molar-refractivity contribution in [3.05, 3.63) is 11.6 Å². The average Bonchev–Trinajstić information content (AvgIpc) is 3.20. The number of fused-ring (bicyclic) bond motifs is 1. The van der Waals surface area contributed by atoms with E-state index in [0.29, 0.717) is 49.6 Å². The minimum atomic E-state index is -4.01. The van der Waals surface area contributed by atoms with Crippen LogP contribution in [0.5, 0.6) is 0 Å². The Balaban J connectivity index is 1.57. The number of primary sulfonamides is 1. The Kier molecular flexibility index (Phi) is 8.65. The molecule has 0 aliphatic carbocycles. The lowest BCUT2D eigenvalue weighted by Gasteiger charge is -2.32. The van der Waals surface area contributed by atoms with Crippen LogP contribution in [-0.4, -0.2) is 91.1 Å². The first kappa shape index (κ1) is 25.5. The number of likely N-dealkylation sites (N-methyl/N-ethyl adjacent to an activating group) is 1. The number of sulfonamides is 2. The molecule has 2 aliphatic rings. The van der Waals surface area contributed by atoms with E-state index in [2.05, 4.69) is 10.2 Å². The zero-order valence-electron chi connectivity index (χ0n) is 18.0. The normalized spacial score (nSPS) is 21.9. The van der Waals surface area contributed by atoms with Gasteiger partial charge in [-0.15, -0.1) is 11.3 Å². The number of hydrogen-bond donors (Lipinski definition) is 2. The molecule has 1 aromatic heterocycles.